The fourth-order valence-electron chi connectivity index (χ4n) is 2.01. The van der Waals surface area contributed by atoms with E-state index in [2.05, 4.69) is 37.1 Å². The maximum Gasteiger partial charge on any atom is 0.123 e. The Morgan fingerprint density at radius 2 is 2.21 bits per heavy atom. The second-order valence-electron chi connectivity index (χ2n) is 4.65. The number of aryl methyl sites for hydroxylation is 1. The fourth-order valence-corrected chi connectivity index (χ4v) is 3.29. The molecule has 1 heterocycles. The van der Waals surface area contributed by atoms with Crippen molar-refractivity contribution in [3.05, 3.63) is 39.9 Å². The second kappa shape index (κ2) is 6.51. The number of thiazole rings is 1. The Bertz CT molecular complexity index is 551. The van der Waals surface area contributed by atoms with Crippen LogP contribution in [0.3, 0.4) is 0 Å². The van der Waals surface area contributed by atoms with Crippen LogP contribution in [0.15, 0.2) is 24.3 Å². The van der Waals surface area contributed by atoms with Crippen LogP contribution in [0.2, 0.25) is 5.02 Å². The van der Waals surface area contributed by atoms with Crippen molar-refractivity contribution in [3.8, 4) is 10.6 Å². The number of nitrogens with one attached hydrogen (secondary N) is 1. The third-order valence-corrected chi connectivity index (χ3v) is 4.62. The maximum atomic E-state index is 6.04. The van der Waals surface area contributed by atoms with Gasteiger partial charge in [0.2, 0.25) is 0 Å². The molecule has 19 heavy (non-hydrogen) atoms. The lowest BCUT2D eigenvalue weighted by atomic mass is 10.2. The molecule has 0 aliphatic rings. The normalized spacial score (nSPS) is 12.6. The van der Waals surface area contributed by atoms with Crippen molar-refractivity contribution in [1.29, 1.82) is 0 Å². The SMILES string of the molecule is CCCNC(C)c1sc(-c2cccc(Cl)c2)nc1C. The Labute approximate surface area is 123 Å². The van der Waals surface area contributed by atoms with Gasteiger partial charge in [0.1, 0.15) is 5.01 Å². The minimum absolute atomic E-state index is 0.352. The molecule has 1 unspecified atom stereocenters. The van der Waals surface area contributed by atoms with Gasteiger partial charge in [0, 0.05) is 21.5 Å². The summed E-state index contributed by atoms with van der Waals surface area (Å²) in [6.07, 6.45) is 1.14. The molecule has 102 valence electrons. The van der Waals surface area contributed by atoms with E-state index >= 15 is 0 Å². The van der Waals surface area contributed by atoms with Crippen LogP contribution >= 0.6 is 22.9 Å². The number of hydrogen-bond donors (Lipinski definition) is 1. The molecule has 0 bridgehead atoms. The van der Waals surface area contributed by atoms with Crippen molar-refractivity contribution in [3.63, 3.8) is 0 Å². The van der Waals surface area contributed by atoms with Crippen molar-refractivity contribution in [2.75, 3.05) is 6.54 Å². The van der Waals surface area contributed by atoms with Crippen molar-refractivity contribution < 1.29 is 0 Å². The van der Waals surface area contributed by atoms with Crippen molar-refractivity contribution in [2.45, 2.75) is 33.2 Å². The lowest BCUT2D eigenvalue weighted by Gasteiger charge is -2.11. The van der Waals surface area contributed by atoms with Gasteiger partial charge in [-0.05, 0) is 38.9 Å². The van der Waals surface area contributed by atoms with E-state index in [9.17, 15) is 0 Å². The molecule has 0 amide bonds. The number of nitrogens with zero attached hydrogens (tertiary/aromatic N) is 1. The van der Waals surface area contributed by atoms with Crippen LogP contribution in [0.1, 0.15) is 36.9 Å². The smallest absolute Gasteiger partial charge is 0.123 e. The molecule has 0 aliphatic carbocycles. The van der Waals surface area contributed by atoms with Crippen LogP contribution in [-0.2, 0) is 0 Å². The van der Waals surface area contributed by atoms with Crippen LogP contribution in [0.25, 0.3) is 10.6 Å². The van der Waals surface area contributed by atoms with E-state index in [1.807, 2.05) is 18.2 Å². The van der Waals surface area contributed by atoms with Gasteiger partial charge < -0.3 is 5.32 Å². The molecule has 1 aromatic carbocycles. The molecule has 1 aromatic heterocycles. The van der Waals surface area contributed by atoms with Crippen LogP contribution in [0.4, 0.5) is 0 Å². The minimum Gasteiger partial charge on any atom is -0.309 e. The van der Waals surface area contributed by atoms with Gasteiger partial charge in [-0.2, -0.15) is 0 Å². The topological polar surface area (TPSA) is 24.9 Å². The number of rotatable bonds is 5. The first-order valence-corrected chi connectivity index (χ1v) is 7.78. The largest absolute Gasteiger partial charge is 0.309 e. The Morgan fingerprint density at radius 1 is 1.42 bits per heavy atom. The molecule has 0 fully saturated rings. The highest BCUT2D eigenvalue weighted by Gasteiger charge is 2.14. The zero-order valence-electron chi connectivity index (χ0n) is 11.5. The van der Waals surface area contributed by atoms with Crippen molar-refractivity contribution in [1.82, 2.24) is 10.3 Å². The van der Waals surface area contributed by atoms with Crippen LogP contribution in [0, 0.1) is 6.92 Å². The lowest BCUT2D eigenvalue weighted by Crippen LogP contribution is -2.18. The van der Waals surface area contributed by atoms with E-state index in [4.69, 9.17) is 11.6 Å². The number of halogens is 1. The molecule has 2 rings (SSSR count). The predicted octanol–water partition coefficient (Wildman–Crippen LogP) is 4.83. The first-order valence-electron chi connectivity index (χ1n) is 6.58. The Morgan fingerprint density at radius 3 is 2.89 bits per heavy atom. The first-order chi connectivity index (χ1) is 9.11. The lowest BCUT2D eigenvalue weighted by molar-refractivity contribution is 0.575. The van der Waals surface area contributed by atoms with Gasteiger partial charge in [-0.25, -0.2) is 4.98 Å². The summed E-state index contributed by atoms with van der Waals surface area (Å²) in [6.45, 7) is 7.48. The standard InChI is InChI=1S/C15H19ClN2S/c1-4-8-17-10(2)14-11(3)18-15(19-14)12-6-5-7-13(16)9-12/h5-7,9-10,17H,4,8H2,1-3H3. The Kier molecular flexibility index (Phi) is 4.97. The summed E-state index contributed by atoms with van der Waals surface area (Å²) in [6, 6.07) is 8.22. The molecular formula is C15H19ClN2S. The molecule has 4 heteroatoms. The number of benzene rings is 1. The summed E-state index contributed by atoms with van der Waals surface area (Å²) in [5.74, 6) is 0. The number of hydrogen-bond acceptors (Lipinski definition) is 3. The van der Waals surface area contributed by atoms with Gasteiger partial charge in [0.15, 0.2) is 0 Å². The highest BCUT2D eigenvalue weighted by molar-refractivity contribution is 7.15. The molecule has 1 N–H and O–H groups in total. The van der Waals surface area contributed by atoms with E-state index < -0.39 is 0 Å². The predicted molar refractivity (Wildman–Crippen MR) is 84.0 cm³/mol. The highest BCUT2D eigenvalue weighted by atomic mass is 35.5. The summed E-state index contributed by atoms with van der Waals surface area (Å²) in [5, 5.41) is 5.31. The molecule has 0 radical (unpaired) electrons. The van der Waals surface area contributed by atoms with Crippen LogP contribution < -0.4 is 5.32 Å². The van der Waals surface area contributed by atoms with E-state index in [-0.39, 0.29) is 0 Å². The second-order valence-corrected chi connectivity index (χ2v) is 6.12. The number of aromatic nitrogens is 1. The summed E-state index contributed by atoms with van der Waals surface area (Å²) in [4.78, 5) is 5.98. The summed E-state index contributed by atoms with van der Waals surface area (Å²) in [5.41, 5.74) is 2.20. The highest BCUT2D eigenvalue weighted by Crippen LogP contribution is 2.32. The molecule has 0 saturated heterocycles. The zero-order valence-corrected chi connectivity index (χ0v) is 13.1. The Balaban J connectivity index is 2.25. The summed E-state index contributed by atoms with van der Waals surface area (Å²) < 4.78 is 0. The third-order valence-electron chi connectivity index (χ3n) is 3.00. The van der Waals surface area contributed by atoms with Gasteiger partial charge in [-0.3, -0.25) is 0 Å². The molecule has 0 spiro atoms. The van der Waals surface area contributed by atoms with Crippen molar-refractivity contribution in [2.24, 2.45) is 0 Å². The van der Waals surface area contributed by atoms with Gasteiger partial charge in [-0.15, -0.1) is 11.3 Å². The minimum atomic E-state index is 0.352. The quantitative estimate of drug-likeness (QED) is 0.854. The average molecular weight is 295 g/mol. The van der Waals surface area contributed by atoms with Gasteiger partial charge in [-0.1, -0.05) is 30.7 Å². The fraction of sp³-hybridized carbons (Fsp3) is 0.400. The first kappa shape index (κ1) is 14.5. The Hall–Kier alpha value is -0.900. The molecule has 2 nitrogen and oxygen atoms in total. The van der Waals surface area contributed by atoms with Gasteiger partial charge in [0.05, 0.1) is 5.69 Å². The van der Waals surface area contributed by atoms with Gasteiger partial charge >= 0.3 is 0 Å². The van der Waals surface area contributed by atoms with E-state index in [0.717, 1.165) is 34.3 Å². The van der Waals surface area contributed by atoms with Crippen LogP contribution in [0.5, 0.6) is 0 Å². The monoisotopic (exact) mass is 294 g/mol. The van der Waals surface area contributed by atoms with E-state index in [0.29, 0.717) is 6.04 Å². The molecule has 0 aliphatic heterocycles. The summed E-state index contributed by atoms with van der Waals surface area (Å²) >= 11 is 7.78. The zero-order chi connectivity index (χ0) is 13.8. The molecule has 2 aromatic rings. The van der Waals surface area contributed by atoms with E-state index in [1.165, 1.54) is 4.88 Å². The molecular weight excluding hydrogens is 276 g/mol. The average Bonchev–Trinajstić information content (AvgIpc) is 2.78. The van der Waals surface area contributed by atoms with Crippen molar-refractivity contribution >= 4 is 22.9 Å². The molecule has 1 atom stereocenters. The maximum absolute atomic E-state index is 6.04. The van der Waals surface area contributed by atoms with Crippen LogP contribution in [-0.4, -0.2) is 11.5 Å². The summed E-state index contributed by atoms with van der Waals surface area (Å²) in [7, 11) is 0. The molecule has 0 saturated carbocycles. The van der Waals surface area contributed by atoms with Gasteiger partial charge in [0.25, 0.3) is 0 Å². The van der Waals surface area contributed by atoms with E-state index in [1.54, 1.807) is 11.3 Å². The third kappa shape index (κ3) is 3.56.